The Balaban J connectivity index is 1.23. The van der Waals surface area contributed by atoms with Gasteiger partial charge in [0.25, 0.3) is 11.5 Å². The number of aromatic nitrogens is 3. The number of benzene rings is 1. The molecule has 3 aromatic heterocycles. The van der Waals surface area contributed by atoms with E-state index in [0.717, 1.165) is 33.8 Å². The smallest absolute Gasteiger partial charge is 0.287 e. The zero-order valence-corrected chi connectivity index (χ0v) is 23.0. The topological polar surface area (TPSA) is 103 Å². The summed E-state index contributed by atoms with van der Waals surface area (Å²) in [5.74, 6) is 0.405. The van der Waals surface area contributed by atoms with E-state index in [1.54, 1.807) is 6.07 Å². The molecule has 4 heterocycles. The Bertz CT molecular complexity index is 1810. The van der Waals surface area contributed by atoms with Crippen molar-refractivity contribution in [3.8, 4) is 11.3 Å². The predicted octanol–water partition coefficient (Wildman–Crippen LogP) is 4.25. The van der Waals surface area contributed by atoms with E-state index in [1.807, 2.05) is 67.8 Å². The number of nitrogens with one attached hydrogen (secondary N) is 3. The van der Waals surface area contributed by atoms with E-state index >= 15 is 0 Å². The SMILES string of the molecule is Cc1c(NC(=O)c2cc3c(s2)=CC=C=CC=3)cccc1-c1cc(Nc2ccc(C3CCCN3C)cn2)c(=O)[nH]n1. The molecule has 1 aliphatic heterocycles. The van der Waals surface area contributed by atoms with Gasteiger partial charge in [-0.15, -0.1) is 17.1 Å². The Morgan fingerprint density at radius 2 is 2.02 bits per heavy atom. The molecule has 0 spiro atoms. The van der Waals surface area contributed by atoms with E-state index in [2.05, 4.69) is 49.6 Å². The molecule has 1 aliphatic carbocycles. The van der Waals surface area contributed by atoms with Crippen LogP contribution < -0.4 is 25.9 Å². The average Bonchev–Trinajstić information content (AvgIpc) is 3.51. The molecule has 40 heavy (non-hydrogen) atoms. The highest BCUT2D eigenvalue weighted by molar-refractivity contribution is 7.12. The molecule has 3 N–H and O–H groups in total. The lowest BCUT2D eigenvalue weighted by Gasteiger charge is -2.19. The van der Waals surface area contributed by atoms with Crippen molar-refractivity contribution in [2.45, 2.75) is 25.8 Å². The Labute approximate surface area is 235 Å². The molecule has 6 rings (SSSR count). The first kappa shape index (κ1) is 25.7. The van der Waals surface area contributed by atoms with Gasteiger partial charge in [0.15, 0.2) is 0 Å². The van der Waals surface area contributed by atoms with E-state index in [-0.39, 0.29) is 11.5 Å². The first-order chi connectivity index (χ1) is 19.5. The van der Waals surface area contributed by atoms with Crippen molar-refractivity contribution in [1.82, 2.24) is 20.1 Å². The molecule has 0 radical (unpaired) electrons. The summed E-state index contributed by atoms with van der Waals surface area (Å²) in [6.45, 7) is 3.01. The van der Waals surface area contributed by atoms with E-state index in [0.29, 0.717) is 33.8 Å². The summed E-state index contributed by atoms with van der Waals surface area (Å²) in [4.78, 5) is 33.2. The van der Waals surface area contributed by atoms with Crippen LogP contribution in [0, 0.1) is 6.92 Å². The molecular weight excluding hydrogens is 520 g/mol. The van der Waals surface area contributed by atoms with Crippen molar-refractivity contribution in [3.05, 3.63) is 103 Å². The lowest BCUT2D eigenvalue weighted by atomic mass is 10.0. The number of carbonyl (C=O) groups excluding carboxylic acids is 1. The number of carbonyl (C=O) groups is 1. The van der Waals surface area contributed by atoms with Gasteiger partial charge in [0, 0.05) is 28.0 Å². The van der Waals surface area contributed by atoms with Crippen LogP contribution in [-0.4, -0.2) is 39.6 Å². The van der Waals surface area contributed by atoms with Crippen molar-refractivity contribution < 1.29 is 4.79 Å². The number of pyridine rings is 1. The molecule has 8 nitrogen and oxygen atoms in total. The number of aromatic amines is 1. The summed E-state index contributed by atoms with van der Waals surface area (Å²) in [5.41, 5.74) is 7.10. The average molecular weight is 549 g/mol. The predicted molar refractivity (Wildman–Crippen MR) is 160 cm³/mol. The fraction of sp³-hybridized carbons (Fsp3) is 0.194. The Hall–Kier alpha value is -4.56. The summed E-state index contributed by atoms with van der Waals surface area (Å²) < 4.78 is 1.02. The van der Waals surface area contributed by atoms with Crippen molar-refractivity contribution in [2.75, 3.05) is 24.2 Å². The maximum absolute atomic E-state index is 13.1. The number of thiophene rings is 1. The van der Waals surface area contributed by atoms with Crippen LogP contribution in [0.3, 0.4) is 0 Å². The normalized spacial score (nSPS) is 16.1. The van der Waals surface area contributed by atoms with Gasteiger partial charge in [-0.3, -0.25) is 14.5 Å². The van der Waals surface area contributed by atoms with Crippen molar-refractivity contribution in [3.63, 3.8) is 0 Å². The standard InChI is InChI=1S/C31H28N6O2S/c1-19-22(9-6-10-23(19)34-31(39)28-16-20-8-4-3-5-12-27(20)40-28)24-17-25(30(38)36-35-24)33-29-14-13-21(18-32-29)26-11-7-15-37(26)2/h4-6,8-10,12-14,16-18,26H,7,11,15H2,1-2H3,(H,34,39)(H,36,38)(H,32,33,35). The number of allylic oxidation sites excluding steroid dienone is 1. The molecule has 2 aliphatic rings. The number of fused-ring (bicyclic) bond motifs is 1. The molecule has 1 fully saturated rings. The molecule has 0 saturated carbocycles. The Kier molecular flexibility index (Phi) is 7.00. The number of hydrogen-bond acceptors (Lipinski definition) is 7. The van der Waals surface area contributed by atoms with Crippen LogP contribution in [-0.2, 0) is 0 Å². The maximum atomic E-state index is 13.1. The van der Waals surface area contributed by atoms with Crippen LogP contribution in [0.2, 0.25) is 0 Å². The van der Waals surface area contributed by atoms with Gasteiger partial charge >= 0.3 is 0 Å². The molecular formula is C31H28N6O2S. The van der Waals surface area contributed by atoms with Gasteiger partial charge in [0.1, 0.15) is 11.5 Å². The third-order valence-corrected chi connectivity index (χ3v) is 8.44. The number of anilines is 3. The molecule has 9 heteroatoms. The van der Waals surface area contributed by atoms with Gasteiger partial charge in [-0.2, -0.15) is 5.10 Å². The zero-order chi connectivity index (χ0) is 27.6. The molecule has 1 amide bonds. The minimum atomic E-state index is -0.344. The number of rotatable bonds is 6. The Morgan fingerprint density at radius 3 is 2.83 bits per heavy atom. The second-order valence-corrected chi connectivity index (χ2v) is 11.0. The summed E-state index contributed by atoms with van der Waals surface area (Å²) >= 11 is 1.44. The fourth-order valence-corrected chi connectivity index (χ4v) is 6.07. The molecule has 200 valence electrons. The summed E-state index contributed by atoms with van der Waals surface area (Å²) in [6, 6.07) is 13.6. The van der Waals surface area contributed by atoms with E-state index in [4.69, 9.17) is 0 Å². The minimum Gasteiger partial charge on any atom is -0.336 e. The number of likely N-dealkylation sites (tertiary alicyclic amines) is 1. The highest BCUT2D eigenvalue weighted by Crippen LogP contribution is 2.31. The number of hydrogen-bond donors (Lipinski definition) is 3. The lowest BCUT2D eigenvalue weighted by molar-refractivity contribution is 0.103. The third-order valence-electron chi connectivity index (χ3n) is 7.32. The highest BCUT2D eigenvalue weighted by atomic mass is 32.1. The largest absolute Gasteiger partial charge is 0.336 e. The first-order valence-corrected chi connectivity index (χ1v) is 14.0. The number of H-pyrrole nitrogens is 1. The summed E-state index contributed by atoms with van der Waals surface area (Å²) in [6.07, 6.45) is 11.8. The summed E-state index contributed by atoms with van der Waals surface area (Å²) in [5, 5.41) is 14.0. The number of amides is 1. The van der Waals surface area contributed by atoms with E-state index < -0.39 is 0 Å². The van der Waals surface area contributed by atoms with Gasteiger partial charge in [-0.25, -0.2) is 10.1 Å². The Morgan fingerprint density at radius 1 is 1.15 bits per heavy atom. The highest BCUT2D eigenvalue weighted by Gasteiger charge is 2.22. The maximum Gasteiger partial charge on any atom is 0.287 e. The van der Waals surface area contributed by atoms with Crippen LogP contribution in [0.4, 0.5) is 17.2 Å². The van der Waals surface area contributed by atoms with Gasteiger partial charge in [0.2, 0.25) is 0 Å². The quantitative estimate of drug-likeness (QED) is 0.312. The number of nitrogens with zero attached hydrogens (tertiary/aromatic N) is 3. The molecule has 1 aromatic carbocycles. The molecule has 4 aromatic rings. The zero-order valence-electron chi connectivity index (χ0n) is 22.2. The van der Waals surface area contributed by atoms with Crippen molar-refractivity contribution >= 4 is 46.6 Å². The van der Waals surface area contributed by atoms with Gasteiger partial charge in [-0.05, 0) is 98.3 Å². The lowest BCUT2D eigenvalue weighted by Crippen LogP contribution is -2.18. The van der Waals surface area contributed by atoms with Crippen LogP contribution in [0.1, 0.15) is 39.7 Å². The van der Waals surface area contributed by atoms with Crippen molar-refractivity contribution in [2.24, 2.45) is 0 Å². The van der Waals surface area contributed by atoms with E-state index in [9.17, 15) is 9.59 Å². The molecule has 1 saturated heterocycles. The van der Waals surface area contributed by atoms with Crippen LogP contribution in [0.5, 0.6) is 0 Å². The van der Waals surface area contributed by atoms with Crippen LogP contribution >= 0.6 is 11.3 Å². The fourth-order valence-electron chi connectivity index (χ4n) is 5.12. The second-order valence-electron chi connectivity index (χ2n) is 9.93. The summed E-state index contributed by atoms with van der Waals surface area (Å²) in [7, 11) is 2.13. The molecule has 0 bridgehead atoms. The van der Waals surface area contributed by atoms with Crippen LogP contribution in [0.25, 0.3) is 23.4 Å². The first-order valence-electron chi connectivity index (χ1n) is 13.1. The van der Waals surface area contributed by atoms with Gasteiger partial charge in [-0.1, -0.05) is 18.2 Å². The molecule has 1 unspecified atom stereocenters. The van der Waals surface area contributed by atoms with Gasteiger partial charge in [0.05, 0.1) is 10.6 Å². The monoisotopic (exact) mass is 548 g/mol. The van der Waals surface area contributed by atoms with Crippen LogP contribution in [0.15, 0.2) is 71.3 Å². The van der Waals surface area contributed by atoms with E-state index in [1.165, 1.54) is 23.3 Å². The van der Waals surface area contributed by atoms with Crippen molar-refractivity contribution in [1.29, 1.82) is 0 Å². The minimum absolute atomic E-state index is 0.178. The second kappa shape index (κ2) is 10.9. The molecule has 1 atom stereocenters. The third kappa shape index (κ3) is 5.18. The van der Waals surface area contributed by atoms with Gasteiger partial charge < -0.3 is 10.6 Å².